The van der Waals surface area contributed by atoms with Crippen LogP contribution in [-0.4, -0.2) is 18.3 Å². The highest BCUT2D eigenvalue weighted by atomic mass is 32.2. The van der Waals surface area contributed by atoms with Gasteiger partial charge in [-0.2, -0.15) is 0 Å². The van der Waals surface area contributed by atoms with Crippen molar-refractivity contribution >= 4 is 11.8 Å². The van der Waals surface area contributed by atoms with Gasteiger partial charge < -0.3 is 5.32 Å². The van der Waals surface area contributed by atoms with E-state index in [0.717, 1.165) is 23.6 Å². The van der Waals surface area contributed by atoms with Crippen molar-refractivity contribution in [1.82, 2.24) is 5.32 Å². The van der Waals surface area contributed by atoms with Crippen molar-refractivity contribution < 1.29 is 4.39 Å². The standard InChI is InChI=1S/C13H16FNS/c1-3-8-15-12(4-2)10-16-13-7-5-6-11(14)9-13/h2,5-7,9,12,15H,3,8,10H2,1H3. The van der Waals surface area contributed by atoms with Gasteiger partial charge in [0.2, 0.25) is 0 Å². The predicted octanol–water partition coefficient (Wildman–Crippen LogP) is 2.92. The van der Waals surface area contributed by atoms with E-state index in [0.29, 0.717) is 0 Å². The molecular formula is C13H16FNS. The molecule has 1 aromatic carbocycles. The van der Waals surface area contributed by atoms with Gasteiger partial charge in [-0.05, 0) is 31.2 Å². The average molecular weight is 237 g/mol. The lowest BCUT2D eigenvalue weighted by Gasteiger charge is -2.11. The Hall–Kier alpha value is -0.980. The molecule has 1 rings (SSSR count). The van der Waals surface area contributed by atoms with E-state index in [1.807, 2.05) is 6.07 Å². The summed E-state index contributed by atoms with van der Waals surface area (Å²) >= 11 is 1.57. The van der Waals surface area contributed by atoms with Crippen molar-refractivity contribution in [3.05, 3.63) is 30.1 Å². The van der Waals surface area contributed by atoms with E-state index in [9.17, 15) is 4.39 Å². The lowest BCUT2D eigenvalue weighted by atomic mass is 10.3. The molecule has 0 amide bonds. The molecular weight excluding hydrogens is 221 g/mol. The largest absolute Gasteiger partial charge is 0.303 e. The molecule has 0 heterocycles. The Morgan fingerprint density at radius 2 is 2.38 bits per heavy atom. The number of thioether (sulfide) groups is 1. The normalized spacial score (nSPS) is 12.1. The Bertz CT molecular complexity index is 359. The van der Waals surface area contributed by atoms with Crippen molar-refractivity contribution in [2.24, 2.45) is 0 Å². The van der Waals surface area contributed by atoms with Crippen molar-refractivity contribution in [3.8, 4) is 12.3 Å². The summed E-state index contributed by atoms with van der Waals surface area (Å²) in [6.07, 6.45) is 6.47. The fourth-order valence-corrected chi connectivity index (χ4v) is 2.16. The number of terminal acetylenes is 1. The first-order chi connectivity index (χ1) is 7.76. The summed E-state index contributed by atoms with van der Waals surface area (Å²) < 4.78 is 12.9. The topological polar surface area (TPSA) is 12.0 Å². The van der Waals surface area contributed by atoms with Gasteiger partial charge in [-0.25, -0.2) is 4.39 Å². The van der Waals surface area contributed by atoms with Crippen LogP contribution in [-0.2, 0) is 0 Å². The van der Waals surface area contributed by atoms with Gasteiger partial charge in [0.05, 0.1) is 6.04 Å². The fourth-order valence-electron chi connectivity index (χ4n) is 1.22. The van der Waals surface area contributed by atoms with E-state index in [-0.39, 0.29) is 11.9 Å². The van der Waals surface area contributed by atoms with Crippen LogP contribution >= 0.6 is 11.8 Å². The van der Waals surface area contributed by atoms with Crippen molar-refractivity contribution in [2.45, 2.75) is 24.3 Å². The van der Waals surface area contributed by atoms with Gasteiger partial charge in [0, 0.05) is 10.6 Å². The molecule has 16 heavy (non-hydrogen) atoms. The number of rotatable bonds is 6. The molecule has 0 bridgehead atoms. The summed E-state index contributed by atoms with van der Waals surface area (Å²) in [5, 5.41) is 3.25. The number of benzene rings is 1. The van der Waals surface area contributed by atoms with Gasteiger partial charge in [0.1, 0.15) is 5.82 Å². The molecule has 3 heteroatoms. The Morgan fingerprint density at radius 1 is 1.56 bits per heavy atom. The van der Waals surface area contributed by atoms with E-state index >= 15 is 0 Å². The zero-order valence-corrected chi connectivity index (χ0v) is 10.2. The molecule has 0 aliphatic rings. The number of hydrogen-bond donors (Lipinski definition) is 1. The number of halogens is 1. The second kappa shape index (κ2) is 7.32. The maximum Gasteiger partial charge on any atom is 0.124 e. The van der Waals surface area contributed by atoms with Crippen LogP contribution in [0.3, 0.4) is 0 Å². The SMILES string of the molecule is C#CC(CSc1cccc(F)c1)NCCC. The van der Waals surface area contributed by atoms with Crippen molar-refractivity contribution in [1.29, 1.82) is 0 Å². The lowest BCUT2D eigenvalue weighted by molar-refractivity contribution is 0.624. The molecule has 1 unspecified atom stereocenters. The number of hydrogen-bond acceptors (Lipinski definition) is 2. The quantitative estimate of drug-likeness (QED) is 0.603. The average Bonchev–Trinajstić information content (AvgIpc) is 2.29. The Labute approximate surface area is 101 Å². The Balaban J connectivity index is 2.41. The maximum absolute atomic E-state index is 12.9. The summed E-state index contributed by atoms with van der Waals surface area (Å²) in [4.78, 5) is 0.915. The highest BCUT2D eigenvalue weighted by Crippen LogP contribution is 2.19. The molecule has 0 fully saturated rings. The first-order valence-electron chi connectivity index (χ1n) is 5.34. The molecule has 0 aliphatic heterocycles. The van der Waals surface area contributed by atoms with Gasteiger partial charge in [-0.3, -0.25) is 0 Å². The van der Waals surface area contributed by atoms with Crippen LogP contribution in [0.25, 0.3) is 0 Å². The smallest absolute Gasteiger partial charge is 0.124 e. The van der Waals surface area contributed by atoms with Crippen LogP contribution in [0.2, 0.25) is 0 Å². The second-order valence-electron chi connectivity index (χ2n) is 3.44. The molecule has 86 valence electrons. The fraction of sp³-hybridized carbons (Fsp3) is 0.385. The Kier molecular flexibility index (Phi) is 5.99. The summed E-state index contributed by atoms with van der Waals surface area (Å²) in [5.74, 6) is 3.26. The predicted molar refractivity (Wildman–Crippen MR) is 68.0 cm³/mol. The Morgan fingerprint density at radius 3 is 3.00 bits per heavy atom. The van der Waals surface area contributed by atoms with E-state index in [1.165, 1.54) is 12.1 Å². The van der Waals surface area contributed by atoms with E-state index < -0.39 is 0 Å². The molecule has 1 N–H and O–H groups in total. The first-order valence-corrected chi connectivity index (χ1v) is 6.32. The third-order valence-electron chi connectivity index (χ3n) is 2.05. The van der Waals surface area contributed by atoms with Gasteiger partial charge in [-0.1, -0.05) is 18.9 Å². The molecule has 0 saturated heterocycles. The van der Waals surface area contributed by atoms with Crippen LogP contribution < -0.4 is 5.32 Å². The monoisotopic (exact) mass is 237 g/mol. The summed E-state index contributed by atoms with van der Waals surface area (Å²) in [6.45, 7) is 3.01. The van der Waals surface area contributed by atoms with Crippen LogP contribution in [0.5, 0.6) is 0 Å². The van der Waals surface area contributed by atoms with Crippen LogP contribution in [0.15, 0.2) is 29.2 Å². The minimum Gasteiger partial charge on any atom is -0.303 e. The van der Waals surface area contributed by atoms with Gasteiger partial charge in [0.15, 0.2) is 0 Å². The number of nitrogens with one attached hydrogen (secondary N) is 1. The van der Waals surface area contributed by atoms with E-state index in [4.69, 9.17) is 6.42 Å². The molecule has 0 spiro atoms. The van der Waals surface area contributed by atoms with Gasteiger partial charge in [-0.15, -0.1) is 18.2 Å². The molecule has 1 nitrogen and oxygen atoms in total. The van der Waals surface area contributed by atoms with Crippen molar-refractivity contribution in [2.75, 3.05) is 12.3 Å². The third-order valence-corrected chi connectivity index (χ3v) is 3.14. The maximum atomic E-state index is 12.9. The molecule has 0 radical (unpaired) electrons. The lowest BCUT2D eigenvalue weighted by Crippen LogP contribution is -2.30. The summed E-state index contributed by atoms with van der Waals surface area (Å²) in [7, 11) is 0. The van der Waals surface area contributed by atoms with Gasteiger partial charge >= 0.3 is 0 Å². The molecule has 0 aliphatic carbocycles. The van der Waals surface area contributed by atoms with Crippen LogP contribution in [0, 0.1) is 18.2 Å². The second-order valence-corrected chi connectivity index (χ2v) is 4.54. The minimum atomic E-state index is -0.205. The molecule has 0 saturated carbocycles. The van der Waals surface area contributed by atoms with Crippen LogP contribution in [0.4, 0.5) is 4.39 Å². The zero-order valence-electron chi connectivity index (χ0n) is 9.37. The van der Waals surface area contributed by atoms with E-state index in [1.54, 1.807) is 17.8 Å². The summed E-state index contributed by atoms with van der Waals surface area (Å²) in [5.41, 5.74) is 0. The molecule has 0 aromatic heterocycles. The summed E-state index contributed by atoms with van der Waals surface area (Å²) in [6, 6.07) is 6.62. The van der Waals surface area contributed by atoms with Crippen molar-refractivity contribution in [3.63, 3.8) is 0 Å². The third kappa shape index (κ3) is 4.69. The molecule has 1 aromatic rings. The minimum absolute atomic E-state index is 0.0493. The van der Waals surface area contributed by atoms with E-state index in [2.05, 4.69) is 18.2 Å². The highest BCUT2D eigenvalue weighted by Gasteiger charge is 2.04. The first kappa shape index (κ1) is 13.1. The highest BCUT2D eigenvalue weighted by molar-refractivity contribution is 7.99. The molecule has 1 atom stereocenters. The van der Waals surface area contributed by atoms with Gasteiger partial charge in [0.25, 0.3) is 0 Å². The van der Waals surface area contributed by atoms with Crippen LogP contribution in [0.1, 0.15) is 13.3 Å². The zero-order chi connectivity index (χ0) is 11.8.